The molecule has 1 aliphatic heterocycles. The lowest BCUT2D eigenvalue weighted by Gasteiger charge is -2.07. The third-order valence-corrected chi connectivity index (χ3v) is 5.50. The third kappa shape index (κ3) is 2.94. The molecule has 0 atom stereocenters. The molecule has 0 unspecified atom stereocenters. The lowest BCUT2D eigenvalue weighted by atomic mass is 10.1. The monoisotopic (exact) mass is 358 g/mol. The van der Waals surface area contributed by atoms with Gasteiger partial charge >= 0.3 is 0 Å². The van der Waals surface area contributed by atoms with Gasteiger partial charge in [-0.3, -0.25) is 4.79 Å². The number of carbonyl (C=O) groups is 1. The molecule has 3 aromatic rings. The van der Waals surface area contributed by atoms with Gasteiger partial charge in [-0.05, 0) is 48.1 Å². The number of aromatic nitrogens is 2. The SMILES string of the molecule is O=C(NCc1ccc2c(c1)CNC2)c1nn(-c2ccccc2)c2c1CCC2. The number of benzene rings is 2. The predicted molar refractivity (Wildman–Crippen MR) is 104 cm³/mol. The number of rotatable bonds is 4. The van der Waals surface area contributed by atoms with Gasteiger partial charge in [-0.15, -0.1) is 0 Å². The number of para-hydroxylation sites is 1. The van der Waals surface area contributed by atoms with Crippen LogP contribution in [0.5, 0.6) is 0 Å². The van der Waals surface area contributed by atoms with Crippen LogP contribution < -0.4 is 10.6 Å². The molecule has 0 fully saturated rings. The van der Waals surface area contributed by atoms with Crippen molar-refractivity contribution in [2.75, 3.05) is 0 Å². The van der Waals surface area contributed by atoms with E-state index in [4.69, 9.17) is 0 Å². The smallest absolute Gasteiger partial charge is 0.272 e. The molecule has 0 bridgehead atoms. The minimum absolute atomic E-state index is 0.0820. The fourth-order valence-electron chi connectivity index (χ4n) is 4.13. The second kappa shape index (κ2) is 6.67. The first-order valence-electron chi connectivity index (χ1n) is 9.55. The Morgan fingerprint density at radius 1 is 1.07 bits per heavy atom. The molecule has 2 heterocycles. The fourth-order valence-corrected chi connectivity index (χ4v) is 4.13. The summed E-state index contributed by atoms with van der Waals surface area (Å²) in [5, 5.41) is 11.1. The predicted octanol–water partition coefficient (Wildman–Crippen LogP) is 2.89. The molecule has 1 aromatic heterocycles. The number of amides is 1. The van der Waals surface area contributed by atoms with Crippen LogP contribution in [0.2, 0.25) is 0 Å². The van der Waals surface area contributed by atoms with Gasteiger partial charge < -0.3 is 10.6 Å². The maximum atomic E-state index is 12.9. The number of fused-ring (bicyclic) bond motifs is 2. The van der Waals surface area contributed by atoms with Crippen molar-refractivity contribution in [1.82, 2.24) is 20.4 Å². The Bertz CT molecular complexity index is 1010. The molecule has 1 aliphatic carbocycles. The molecule has 0 saturated heterocycles. The molecule has 2 N–H and O–H groups in total. The summed E-state index contributed by atoms with van der Waals surface area (Å²) in [6, 6.07) is 16.5. The van der Waals surface area contributed by atoms with E-state index in [2.05, 4.69) is 33.9 Å². The maximum Gasteiger partial charge on any atom is 0.272 e. The highest BCUT2D eigenvalue weighted by Crippen LogP contribution is 2.27. The van der Waals surface area contributed by atoms with Crippen LogP contribution in [0.15, 0.2) is 48.5 Å². The topological polar surface area (TPSA) is 59.0 Å². The van der Waals surface area contributed by atoms with Crippen LogP contribution in [0.3, 0.4) is 0 Å². The first-order valence-corrected chi connectivity index (χ1v) is 9.55. The Balaban J connectivity index is 1.38. The van der Waals surface area contributed by atoms with Gasteiger partial charge in [0.15, 0.2) is 5.69 Å². The van der Waals surface area contributed by atoms with Crippen molar-refractivity contribution in [3.63, 3.8) is 0 Å². The molecule has 27 heavy (non-hydrogen) atoms. The zero-order valence-electron chi connectivity index (χ0n) is 15.2. The molecule has 0 radical (unpaired) electrons. The molecular formula is C22H22N4O. The molecule has 1 amide bonds. The minimum atomic E-state index is -0.0820. The Morgan fingerprint density at radius 3 is 2.81 bits per heavy atom. The van der Waals surface area contributed by atoms with Crippen molar-refractivity contribution in [2.45, 2.75) is 38.9 Å². The highest BCUT2D eigenvalue weighted by Gasteiger charge is 2.26. The summed E-state index contributed by atoms with van der Waals surface area (Å²) < 4.78 is 1.94. The normalized spacial score (nSPS) is 14.8. The zero-order valence-corrected chi connectivity index (χ0v) is 15.2. The first-order chi connectivity index (χ1) is 13.3. The van der Waals surface area contributed by atoms with Gasteiger partial charge in [0.2, 0.25) is 0 Å². The fraction of sp³-hybridized carbons (Fsp3) is 0.273. The number of nitrogens with zero attached hydrogens (tertiary/aromatic N) is 2. The van der Waals surface area contributed by atoms with E-state index in [1.165, 1.54) is 16.8 Å². The summed E-state index contributed by atoms with van der Waals surface area (Å²) in [7, 11) is 0. The Morgan fingerprint density at radius 2 is 1.93 bits per heavy atom. The van der Waals surface area contributed by atoms with Crippen LogP contribution in [0.4, 0.5) is 0 Å². The molecule has 136 valence electrons. The van der Waals surface area contributed by atoms with Gasteiger partial charge in [0.1, 0.15) is 0 Å². The average molecular weight is 358 g/mol. The Hall–Kier alpha value is -2.92. The van der Waals surface area contributed by atoms with Gasteiger partial charge in [0, 0.05) is 30.9 Å². The summed E-state index contributed by atoms with van der Waals surface area (Å²) in [4.78, 5) is 12.9. The molecule has 5 heteroatoms. The second-order valence-electron chi connectivity index (χ2n) is 7.26. The van der Waals surface area contributed by atoms with Crippen molar-refractivity contribution in [3.05, 3.63) is 82.2 Å². The lowest BCUT2D eigenvalue weighted by molar-refractivity contribution is 0.0944. The third-order valence-electron chi connectivity index (χ3n) is 5.50. The summed E-state index contributed by atoms with van der Waals surface area (Å²) >= 11 is 0. The van der Waals surface area contributed by atoms with E-state index in [9.17, 15) is 4.79 Å². The van der Waals surface area contributed by atoms with Crippen LogP contribution in [0, 0.1) is 0 Å². The minimum Gasteiger partial charge on any atom is -0.347 e. The highest BCUT2D eigenvalue weighted by atomic mass is 16.1. The molecule has 2 aromatic carbocycles. The van der Waals surface area contributed by atoms with Crippen molar-refractivity contribution in [1.29, 1.82) is 0 Å². The summed E-state index contributed by atoms with van der Waals surface area (Å²) in [5.41, 5.74) is 7.69. The number of carbonyl (C=O) groups excluding carboxylic acids is 1. The van der Waals surface area contributed by atoms with Crippen molar-refractivity contribution in [3.8, 4) is 5.69 Å². The van der Waals surface area contributed by atoms with Crippen LogP contribution in [0.25, 0.3) is 5.69 Å². The van der Waals surface area contributed by atoms with Gasteiger partial charge in [0.05, 0.1) is 5.69 Å². The van der Waals surface area contributed by atoms with Crippen molar-refractivity contribution < 1.29 is 4.79 Å². The zero-order chi connectivity index (χ0) is 18.2. The van der Waals surface area contributed by atoms with Gasteiger partial charge in [-0.1, -0.05) is 36.4 Å². The van der Waals surface area contributed by atoms with Crippen molar-refractivity contribution >= 4 is 5.91 Å². The molecule has 0 saturated carbocycles. The first kappa shape index (κ1) is 16.3. The van der Waals surface area contributed by atoms with E-state index in [-0.39, 0.29) is 5.91 Å². The Labute approximate surface area is 158 Å². The molecule has 5 nitrogen and oxygen atoms in total. The largest absolute Gasteiger partial charge is 0.347 e. The molecule has 2 aliphatic rings. The lowest BCUT2D eigenvalue weighted by Crippen LogP contribution is -2.24. The van der Waals surface area contributed by atoms with E-state index >= 15 is 0 Å². The van der Waals surface area contributed by atoms with E-state index in [0.717, 1.165) is 49.2 Å². The molecular weight excluding hydrogens is 336 g/mol. The van der Waals surface area contributed by atoms with Crippen molar-refractivity contribution in [2.24, 2.45) is 0 Å². The van der Waals surface area contributed by atoms with Gasteiger partial charge in [0.25, 0.3) is 5.91 Å². The second-order valence-corrected chi connectivity index (χ2v) is 7.26. The number of hydrogen-bond acceptors (Lipinski definition) is 3. The van der Waals surface area contributed by atoms with E-state index in [1.807, 2.05) is 35.0 Å². The number of hydrogen-bond donors (Lipinski definition) is 2. The summed E-state index contributed by atoms with van der Waals surface area (Å²) in [5.74, 6) is -0.0820. The standard InChI is InChI=1S/C22H22N4O/c27-22(24-12-15-9-10-16-13-23-14-17(16)11-15)21-19-7-4-8-20(19)26(25-21)18-5-2-1-3-6-18/h1-3,5-6,9-11,23H,4,7-8,12-14H2,(H,24,27). The quantitative estimate of drug-likeness (QED) is 0.754. The van der Waals surface area contributed by atoms with Gasteiger partial charge in [-0.2, -0.15) is 5.10 Å². The maximum absolute atomic E-state index is 12.9. The van der Waals surface area contributed by atoms with Crippen LogP contribution in [0.1, 0.15) is 44.9 Å². The van der Waals surface area contributed by atoms with E-state index < -0.39 is 0 Å². The molecule has 0 spiro atoms. The van der Waals surface area contributed by atoms with Crippen LogP contribution >= 0.6 is 0 Å². The average Bonchev–Trinajstić information content (AvgIpc) is 3.42. The van der Waals surface area contributed by atoms with Gasteiger partial charge in [-0.25, -0.2) is 4.68 Å². The van der Waals surface area contributed by atoms with E-state index in [0.29, 0.717) is 12.2 Å². The van der Waals surface area contributed by atoms with Crippen LogP contribution in [-0.4, -0.2) is 15.7 Å². The highest BCUT2D eigenvalue weighted by molar-refractivity contribution is 5.94. The van der Waals surface area contributed by atoms with Crippen LogP contribution in [-0.2, 0) is 32.5 Å². The number of nitrogens with one attached hydrogen (secondary N) is 2. The summed E-state index contributed by atoms with van der Waals surface area (Å²) in [6.07, 6.45) is 2.98. The molecule has 5 rings (SSSR count). The summed E-state index contributed by atoms with van der Waals surface area (Å²) in [6.45, 7) is 2.37. The van der Waals surface area contributed by atoms with E-state index in [1.54, 1.807) is 0 Å². The Kier molecular flexibility index (Phi) is 4.02.